The SMILES string of the molecule is C=CCN1CC(CCl)OC1c1ccccc1O. The van der Waals surface area contributed by atoms with Crippen LogP contribution >= 0.6 is 11.6 Å². The summed E-state index contributed by atoms with van der Waals surface area (Å²) in [4.78, 5) is 2.11. The molecule has 2 atom stereocenters. The normalized spacial score (nSPS) is 25.0. The molecule has 1 aromatic rings. The molecule has 1 aliphatic rings. The number of hydrogen-bond donors (Lipinski definition) is 1. The van der Waals surface area contributed by atoms with Gasteiger partial charge in [0.05, 0.1) is 6.10 Å². The van der Waals surface area contributed by atoms with E-state index in [0.29, 0.717) is 12.4 Å². The van der Waals surface area contributed by atoms with Crippen molar-refractivity contribution in [3.63, 3.8) is 0 Å². The Bertz CT molecular complexity index is 397. The molecule has 1 heterocycles. The zero-order valence-corrected chi connectivity index (χ0v) is 10.3. The van der Waals surface area contributed by atoms with Gasteiger partial charge in [-0.1, -0.05) is 24.3 Å². The number of phenols is 1. The van der Waals surface area contributed by atoms with Gasteiger partial charge in [0.1, 0.15) is 12.0 Å². The quantitative estimate of drug-likeness (QED) is 0.661. The van der Waals surface area contributed by atoms with Crippen LogP contribution in [0.5, 0.6) is 5.75 Å². The predicted molar refractivity (Wildman–Crippen MR) is 68.2 cm³/mol. The van der Waals surface area contributed by atoms with Crippen LogP contribution in [0, 0.1) is 0 Å². The molecule has 0 aliphatic carbocycles. The van der Waals surface area contributed by atoms with Gasteiger partial charge in [0.15, 0.2) is 0 Å². The Hall–Kier alpha value is -1.03. The second-order valence-electron chi connectivity index (χ2n) is 4.07. The number of benzene rings is 1. The summed E-state index contributed by atoms with van der Waals surface area (Å²) >= 11 is 5.83. The summed E-state index contributed by atoms with van der Waals surface area (Å²) in [5, 5.41) is 9.85. The molecule has 92 valence electrons. The zero-order chi connectivity index (χ0) is 12.3. The van der Waals surface area contributed by atoms with Crippen molar-refractivity contribution in [1.82, 2.24) is 4.90 Å². The Morgan fingerprint density at radius 3 is 2.94 bits per heavy atom. The molecule has 0 spiro atoms. The van der Waals surface area contributed by atoms with E-state index in [4.69, 9.17) is 16.3 Å². The minimum absolute atomic E-state index is 0.00113. The third-order valence-electron chi connectivity index (χ3n) is 2.83. The summed E-state index contributed by atoms with van der Waals surface area (Å²) in [6.07, 6.45) is 1.59. The highest BCUT2D eigenvalue weighted by molar-refractivity contribution is 6.18. The van der Waals surface area contributed by atoms with Crippen LogP contribution in [0.15, 0.2) is 36.9 Å². The first-order valence-electron chi connectivity index (χ1n) is 5.60. The second kappa shape index (κ2) is 5.54. The Balaban J connectivity index is 2.23. The molecule has 0 bridgehead atoms. The lowest BCUT2D eigenvalue weighted by Crippen LogP contribution is -2.25. The van der Waals surface area contributed by atoms with Crippen LogP contribution in [0.25, 0.3) is 0 Å². The molecule has 0 aromatic heterocycles. The van der Waals surface area contributed by atoms with Crippen LogP contribution in [0.3, 0.4) is 0 Å². The van der Waals surface area contributed by atoms with E-state index in [9.17, 15) is 5.11 Å². The Morgan fingerprint density at radius 2 is 2.29 bits per heavy atom. The summed E-state index contributed by atoms with van der Waals surface area (Å²) in [6.45, 7) is 5.21. The van der Waals surface area contributed by atoms with Crippen molar-refractivity contribution in [3.05, 3.63) is 42.5 Å². The van der Waals surface area contributed by atoms with E-state index >= 15 is 0 Å². The summed E-state index contributed by atoms with van der Waals surface area (Å²) in [5.41, 5.74) is 0.780. The van der Waals surface area contributed by atoms with Crippen LogP contribution in [0.4, 0.5) is 0 Å². The summed E-state index contributed by atoms with van der Waals surface area (Å²) in [5.74, 6) is 0.708. The van der Waals surface area contributed by atoms with E-state index < -0.39 is 0 Å². The van der Waals surface area contributed by atoms with Gasteiger partial charge in [0.2, 0.25) is 0 Å². The Kier molecular flexibility index (Phi) is 4.05. The van der Waals surface area contributed by atoms with E-state index in [1.54, 1.807) is 12.1 Å². The fraction of sp³-hybridized carbons (Fsp3) is 0.385. The van der Waals surface area contributed by atoms with Gasteiger partial charge in [-0.05, 0) is 6.07 Å². The van der Waals surface area contributed by atoms with Crippen LogP contribution in [-0.2, 0) is 4.74 Å². The summed E-state index contributed by atoms with van der Waals surface area (Å²) in [7, 11) is 0. The van der Waals surface area contributed by atoms with Gasteiger partial charge in [-0.15, -0.1) is 18.2 Å². The maximum Gasteiger partial charge on any atom is 0.141 e. The van der Waals surface area contributed by atoms with Gasteiger partial charge in [-0.3, -0.25) is 4.90 Å². The van der Waals surface area contributed by atoms with E-state index in [1.807, 2.05) is 18.2 Å². The predicted octanol–water partition coefficient (Wildman–Crippen LogP) is 2.52. The first kappa shape index (κ1) is 12.4. The minimum Gasteiger partial charge on any atom is -0.508 e. The van der Waals surface area contributed by atoms with Crippen molar-refractivity contribution >= 4 is 11.6 Å². The molecule has 4 heteroatoms. The topological polar surface area (TPSA) is 32.7 Å². The van der Waals surface area contributed by atoms with E-state index in [2.05, 4.69) is 11.5 Å². The second-order valence-corrected chi connectivity index (χ2v) is 4.37. The van der Waals surface area contributed by atoms with Crippen LogP contribution in [0.2, 0.25) is 0 Å². The van der Waals surface area contributed by atoms with Gasteiger partial charge < -0.3 is 9.84 Å². The molecule has 1 N–H and O–H groups in total. The van der Waals surface area contributed by atoms with Crippen molar-refractivity contribution in [2.75, 3.05) is 19.0 Å². The Morgan fingerprint density at radius 1 is 1.53 bits per heavy atom. The smallest absolute Gasteiger partial charge is 0.141 e. The third-order valence-corrected chi connectivity index (χ3v) is 3.17. The minimum atomic E-state index is -0.238. The fourth-order valence-corrected chi connectivity index (χ4v) is 2.23. The molecule has 1 aromatic carbocycles. The Labute approximate surface area is 106 Å². The van der Waals surface area contributed by atoms with Crippen LogP contribution in [-0.4, -0.2) is 35.1 Å². The lowest BCUT2D eigenvalue weighted by Gasteiger charge is -2.22. The first-order chi connectivity index (χ1) is 8.26. The van der Waals surface area contributed by atoms with Crippen LogP contribution < -0.4 is 0 Å². The van der Waals surface area contributed by atoms with E-state index in [0.717, 1.165) is 12.1 Å². The number of ether oxygens (including phenoxy) is 1. The van der Waals surface area contributed by atoms with Crippen molar-refractivity contribution in [1.29, 1.82) is 0 Å². The standard InChI is InChI=1S/C13H16ClNO2/c1-2-7-15-9-10(8-14)17-13(15)11-5-3-4-6-12(11)16/h2-6,10,13,16H,1,7-9H2. The molecule has 1 aliphatic heterocycles. The number of aromatic hydroxyl groups is 1. The molecule has 2 unspecified atom stereocenters. The first-order valence-corrected chi connectivity index (χ1v) is 6.14. The number of hydrogen-bond acceptors (Lipinski definition) is 3. The van der Waals surface area contributed by atoms with Crippen molar-refractivity contribution in [2.45, 2.75) is 12.3 Å². The molecular formula is C13H16ClNO2. The number of nitrogens with zero attached hydrogens (tertiary/aromatic N) is 1. The van der Waals surface area contributed by atoms with Crippen LogP contribution in [0.1, 0.15) is 11.8 Å². The van der Waals surface area contributed by atoms with Gasteiger partial charge in [0, 0.05) is 24.5 Å². The summed E-state index contributed by atoms with van der Waals surface area (Å²) < 4.78 is 5.83. The molecule has 17 heavy (non-hydrogen) atoms. The monoisotopic (exact) mass is 253 g/mol. The molecule has 2 rings (SSSR count). The van der Waals surface area contributed by atoms with Crippen molar-refractivity contribution < 1.29 is 9.84 Å². The molecule has 0 radical (unpaired) electrons. The van der Waals surface area contributed by atoms with Crippen molar-refractivity contribution in [2.24, 2.45) is 0 Å². The lowest BCUT2D eigenvalue weighted by atomic mass is 10.1. The van der Waals surface area contributed by atoms with E-state index in [-0.39, 0.29) is 18.1 Å². The van der Waals surface area contributed by atoms with Gasteiger partial charge in [0.25, 0.3) is 0 Å². The van der Waals surface area contributed by atoms with Crippen molar-refractivity contribution in [3.8, 4) is 5.75 Å². The molecule has 0 saturated carbocycles. The maximum absolute atomic E-state index is 9.85. The fourth-order valence-electron chi connectivity index (χ4n) is 2.06. The summed E-state index contributed by atoms with van der Waals surface area (Å²) in [6, 6.07) is 7.22. The lowest BCUT2D eigenvalue weighted by molar-refractivity contribution is 0.00796. The molecule has 3 nitrogen and oxygen atoms in total. The van der Waals surface area contributed by atoms with E-state index in [1.165, 1.54) is 0 Å². The maximum atomic E-state index is 9.85. The molecule has 1 fully saturated rings. The average molecular weight is 254 g/mol. The third kappa shape index (κ3) is 2.63. The number of alkyl halides is 1. The highest BCUT2D eigenvalue weighted by atomic mass is 35.5. The van der Waals surface area contributed by atoms with Gasteiger partial charge >= 0.3 is 0 Å². The zero-order valence-electron chi connectivity index (χ0n) is 9.55. The number of halogens is 1. The molecule has 0 amide bonds. The van der Waals surface area contributed by atoms with Gasteiger partial charge in [-0.2, -0.15) is 0 Å². The largest absolute Gasteiger partial charge is 0.508 e. The molecule has 1 saturated heterocycles. The molecular weight excluding hydrogens is 238 g/mol. The number of rotatable bonds is 4. The number of phenolic OH excluding ortho intramolecular Hbond substituents is 1. The highest BCUT2D eigenvalue weighted by Gasteiger charge is 2.33. The average Bonchev–Trinajstić information content (AvgIpc) is 2.73. The highest BCUT2D eigenvalue weighted by Crippen LogP contribution is 2.34. The van der Waals surface area contributed by atoms with Gasteiger partial charge in [-0.25, -0.2) is 0 Å². The number of para-hydroxylation sites is 1.